The second-order valence-corrected chi connectivity index (χ2v) is 8.12. The van der Waals surface area contributed by atoms with Crippen LogP contribution in [0.25, 0.3) is 0 Å². The number of ether oxygens (including phenoxy) is 1. The number of nitrogens with zero attached hydrogens (tertiary/aromatic N) is 4. The number of morpholine rings is 1. The van der Waals surface area contributed by atoms with Crippen LogP contribution in [0.2, 0.25) is 0 Å². The Morgan fingerprint density at radius 3 is 2.48 bits per heavy atom. The van der Waals surface area contributed by atoms with Crippen LogP contribution < -0.4 is 10.6 Å². The van der Waals surface area contributed by atoms with E-state index in [4.69, 9.17) is 9.73 Å². The van der Waals surface area contributed by atoms with Crippen molar-refractivity contribution < 1.29 is 4.74 Å². The molecule has 174 valence electrons. The fourth-order valence-electron chi connectivity index (χ4n) is 4.16. The average Bonchev–Trinajstić information content (AvgIpc) is 3.38. The normalized spacial score (nSPS) is 15.8. The fourth-order valence-corrected chi connectivity index (χ4v) is 4.16. The Labute approximate surface area is 196 Å². The van der Waals surface area contributed by atoms with E-state index in [9.17, 15) is 0 Å². The third-order valence-corrected chi connectivity index (χ3v) is 5.90. The molecule has 1 atom stereocenters. The lowest BCUT2D eigenvalue weighted by atomic mass is 10.0. The molecule has 2 aromatic carbocycles. The third-order valence-electron chi connectivity index (χ3n) is 5.90. The molecule has 4 rings (SSSR count). The third kappa shape index (κ3) is 6.66. The molecule has 0 spiro atoms. The molecule has 1 fully saturated rings. The van der Waals surface area contributed by atoms with Crippen molar-refractivity contribution in [2.24, 2.45) is 4.99 Å². The summed E-state index contributed by atoms with van der Waals surface area (Å²) in [6, 6.07) is 21.4. The van der Waals surface area contributed by atoms with Crippen LogP contribution in [-0.4, -0.2) is 60.0 Å². The predicted molar refractivity (Wildman–Crippen MR) is 132 cm³/mol. The summed E-state index contributed by atoms with van der Waals surface area (Å²) in [6.45, 7) is 8.50. The van der Waals surface area contributed by atoms with E-state index < -0.39 is 0 Å². The number of hydrogen-bond donors (Lipinski definition) is 2. The molecule has 2 heterocycles. The van der Waals surface area contributed by atoms with Gasteiger partial charge in [-0.05, 0) is 29.7 Å². The Bertz CT molecular complexity index is 983. The fraction of sp³-hybridized carbons (Fsp3) is 0.385. The van der Waals surface area contributed by atoms with Crippen LogP contribution in [-0.2, 0) is 17.8 Å². The summed E-state index contributed by atoms with van der Waals surface area (Å²) < 4.78 is 7.52. The maximum atomic E-state index is 5.58. The molecule has 1 saturated heterocycles. The van der Waals surface area contributed by atoms with Crippen molar-refractivity contribution in [3.05, 3.63) is 89.7 Å². The van der Waals surface area contributed by atoms with Crippen molar-refractivity contribution in [2.45, 2.75) is 26.1 Å². The summed E-state index contributed by atoms with van der Waals surface area (Å²) in [5, 5.41) is 11.3. The molecule has 1 aliphatic rings. The average molecular weight is 447 g/mol. The van der Waals surface area contributed by atoms with Gasteiger partial charge in [-0.25, -0.2) is 4.99 Å². The number of hydrogen-bond acceptors (Lipinski definition) is 4. The van der Waals surface area contributed by atoms with Gasteiger partial charge in [0, 0.05) is 38.6 Å². The zero-order chi connectivity index (χ0) is 22.7. The molecule has 0 saturated carbocycles. The van der Waals surface area contributed by atoms with E-state index in [0.717, 1.165) is 51.9 Å². The maximum absolute atomic E-state index is 5.58. The van der Waals surface area contributed by atoms with Gasteiger partial charge in [-0.3, -0.25) is 9.58 Å². The molecule has 2 N–H and O–H groups in total. The SMILES string of the molecule is CCNC(=NCc1ccccc1Cn1cccn1)NCC(c1ccccc1)N1CCOCC1. The van der Waals surface area contributed by atoms with Crippen LogP contribution in [0.4, 0.5) is 0 Å². The number of aromatic nitrogens is 2. The Balaban J connectivity index is 1.45. The highest BCUT2D eigenvalue weighted by atomic mass is 16.5. The second-order valence-electron chi connectivity index (χ2n) is 8.12. The number of benzene rings is 2. The summed E-state index contributed by atoms with van der Waals surface area (Å²) in [6.07, 6.45) is 3.80. The second kappa shape index (κ2) is 12.2. The van der Waals surface area contributed by atoms with E-state index in [1.807, 2.05) is 23.1 Å². The minimum Gasteiger partial charge on any atom is -0.379 e. The highest BCUT2D eigenvalue weighted by molar-refractivity contribution is 5.79. The Morgan fingerprint density at radius 2 is 1.76 bits per heavy atom. The Kier molecular flexibility index (Phi) is 8.49. The van der Waals surface area contributed by atoms with Crippen LogP contribution >= 0.6 is 0 Å². The van der Waals surface area contributed by atoms with Crippen molar-refractivity contribution in [1.82, 2.24) is 25.3 Å². The van der Waals surface area contributed by atoms with E-state index in [0.29, 0.717) is 6.54 Å². The van der Waals surface area contributed by atoms with Gasteiger partial charge in [0.2, 0.25) is 0 Å². The molecule has 1 unspecified atom stereocenters. The van der Waals surface area contributed by atoms with E-state index in [-0.39, 0.29) is 6.04 Å². The zero-order valence-corrected chi connectivity index (χ0v) is 19.4. The highest BCUT2D eigenvalue weighted by Gasteiger charge is 2.22. The number of nitrogens with one attached hydrogen (secondary N) is 2. The standard InChI is InChI=1S/C26H34N6O/c1-2-27-26(28-19-23-11-6-7-12-24(23)21-32-14-8-13-30-32)29-20-25(22-9-4-3-5-10-22)31-15-17-33-18-16-31/h3-14,25H,2,15-21H2,1H3,(H2,27,28,29). The molecule has 7 nitrogen and oxygen atoms in total. The van der Waals surface area contributed by atoms with Gasteiger partial charge in [0.25, 0.3) is 0 Å². The first-order chi connectivity index (χ1) is 16.3. The lowest BCUT2D eigenvalue weighted by Gasteiger charge is -2.35. The molecular formula is C26H34N6O. The molecule has 0 amide bonds. The van der Waals surface area contributed by atoms with E-state index in [1.54, 1.807) is 0 Å². The summed E-state index contributed by atoms with van der Waals surface area (Å²) in [7, 11) is 0. The lowest BCUT2D eigenvalue weighted by Crippen LogP contribution is -2.46. The monoisotopic (exact) mass is 446 g/mol. The molecule has 1 aromatic heterocycles. The van der Waals surface area contributed by atoms with Crippen LogP contribution in [0.5, 0.6) is 0 Å². The van der Waals surface area contributed by atoms with Crippen molar-refractivity contribution in [2.75, 3.05) is 39.4 Å². The van der Waals surface area contributed by atoms with Gasteiger partial charge in [0.15, 0.2) is 5.96 Å². The maximum Gasteiger partial charge on any atom is 0.191 e. The summed E-state index contributed by atoms with van der Waals surface area (Å²) in [4.78, 5) is 7.40. The van der Waals surface area contributed by atoms with E-state index in [1.165, 1.54) is 16.7 Å². The van der Waals surface area contributed by atoms with Gasteiger partial charge in [-0.2, -0.15) is 5.10 Å². The van der Waals surface area contributed by atoms with Gasteiger partial charge in [0.05, 0.1) is 32.3 Å². The molecule has 7 heteroatoms. The van der Waals surface area contributed by atoms with Crippen molar-refractivity contribution in [3.8, 4) is 0 Å². The lowest BCUT2D eigenvalue weighted by molar-refractivity contribution is 0.0170. The van der Waals surface area contributed by atoms with Crippen molar-refractivity contribution in [3.63, 3.8) is 0 Å². The predicted octanol–water partition coefficient (Wildman–Crippen LogP) is 3.06. The summed E-state index contributed by atoms with van der Waals surface area (Å²) in [5.41, 5.74) is 3.75. The van der Waals surface area contributed by atoms with Crippen LogP contribution in [0, 0.1) is 0 Å². The topological polar surface area (TPSA) is 66.7 Å². The summed E-state index contributed by atoms with van der Waals surface area (Å²) >= 11 is 0. The zero-order valence-electron chi connectivity index (χ0n) is 19.4. The van der Waals surface area contributed by atoms with Gasteiger partial charge < -0.3 is 15.4 Å². The molecular weight excluding hydrogens is 412 g/mol. The van der Waals surface area contributed by atoms with Crippen molar-refractivity contribution in [1.29, 1.82) is 0 Å². The molecule has 33 heavy (non-hydrogen) atoms. The van der Waals surface area contributed by atoms with Gasteiger partial charge in [0.1, 0.15) is 0 Å². The van der Waals surface area contributed by atoms with Crippen LogP contribution in [0.3, 0.4) is 0 Å². The van der Waals surface area contributed by atoms with E-state index >= 15 is 0 Å². The van der Waals surface area contributed by atoms with Gasteiger partial charge in [-0.15, -0.1) is 0 Å². The first kappa shape index (κ1) is 23.0. The first-order valence-corrected chi connectivity index (χ1v) is 11.8. The van der Waals surface area contributed by atoms with Gasteiger partial charge >= 0.3 is 0 Å². The van der Waals surface area contributed by atoms with Gasteiger partial charge in [-0.1, -0.05) is 54.6 Å². The highest BCUT2D eigenvalue weighted by Crippen LogP contribution is 2.21. The smallest absolute Gasteiger partial charge is 0.191 e. The quantitative estimate of drug-likeness (QED) is 0.391. The minimum atomic E-state index is 0.269. The van der Waals surface area contributed by atoms with E-state index in [2.05, 4.69) is 82.2 Å². The minimum absolute atomic E-state index is 0.269. The molecule has 3 aromatic rings. The van der Waals surface area contributed by atoms with Crippen LogP contribution in [0.15, 0.2) is 78.0 Å². The van der Waals surface area contributed by atoms with Crippen LogP contribution in [0.1, 0.15) is 29.7 Å². The Hall–Kier alpha value is -3.16. The number of rotatable bonds is 9. The summed E-state index contributed by atoms with van der Waals surface area (Å²) in [5.74, 6) is 0.834. The molecule has 0 aliphatic carbocycles. The first-order valence-electron chi connectivity index (χ1n) is 11.8. The largest absolute Gasteiger partial charge is 0.379 e. The molecule has 1 aliphatic heterocycles. The number of guanidine groups is 1. The Morgan fingerprint density at radius 1 is 1.00 bits per heavy atom. The number of aliphatic imine (C=N–C) groups is 1. The molecule has 0 bridgehead atoms. The van der Waals surface area contributed by atoms with Crippen molar-refractivity contribution >= 4 is 5.96 Å². The molecule has 0 radical (unpaired) electrons.